The van der Waals surface area contributed by atoms with Crippen LogP contribution in [0.1, 0.15) is 18.0 Å². The second kappa shape index (κ2) is 6.84. The maximum absolute atomic E-state index is 9.43. The first kappa shape index (κ1) is 15.4. The van der Waals surface area contributed by atoms with Gasteiger partial charge in [-0.05, 0) is 0 Å². The lowest BCUT2D eigenvalue weighted by Crippen LogP contribution is -2.12. The van der Waals surface area contributed by atoms with Gasteiger partial charge in [0.1, 0.15) is 17.2 Å². The summed E-state index contributed by atoms with van der Waals surface area (Å²) in [6.45, 7) is 0. The minimum atomic E-state index is -0.504. The van der Waals surface area contributed by atoms with E-state index < -0.39 is 6.04 Å². The van der Waals surface area contributed by atoms with Gasteiger partial charge in [0.05, 0.1) is 38.3 Å². The van der Waals surface area contributed by atoms with Crippen LogP contribution in [0.5, 0.6) is 17.2 Å². The molecule has 0 radical (unpaired) electrons. The molecule has 1 rings (SSSR count). The van der Waals surface area contributed by atoms with Crippen LogP contribution in [0.15, 0.2) is 12.1 Å². The first-order valence-corrected chi connectivity index (χ1v) is 4.71. The zero-order valence-corrected chi connectivity index (χ0v) is 10.5. The molecule has 0 saturated carbocycles. The number of hydrogen-bond donors (Lipinski definition) is 2. The Morgan fingerprint density at radius 1 is 1.35 bits per heavy atom. The fourth-order valence-electron chi connectivity index (χ4n) is 1.49. The van der Waals surface area contributed by atoms with Gasteiger partial charge in [-0.15, -0.1) is 12.4 Å². The highest BCUT2D eigenvalue weighted by Gasteiger charge is 2.18. The number of nitrogens with two attached hydrogens (primary N) is 1. The molecule has 0 saturated heterocycles. The number of aromatic hydroxyl groups is 1. The summed E-state index contributed by atoms with van der Waals surface area (Å²) in [4.78, 5) is 0. The van der Waals surface area contributed by atoms with Gasteiger partial charge >= 0.3 is 0 Å². The number of phenols is 1. The molecule has 0 unspecified atom stereocenters. The molecule has 1 atom stereocenters. The van der Waals surface area contributed by atoms with Gasteiger partial charge in [-0.2, -0.15) is 5.26 Å². The van der Waals surface area contributed by atoms with Crippen LogP contribution in [0.25, 0.3) is 0 Å². The molecule has 0 aromatic heterocycles. The van der Waals surface area contributed by atoms with Crippen LogP contribution < -0.4 is 15.2 Å². The quantitative estimate of drug-likeness (QED) is 0.859. The summed E-state index contributed by atoms with van der Waals surface area (Å²) in [5.41, 5.74) is 6.43. The van der Waals surface area contributed by atoms with Gasteiger partial charge < -0.3 is 20.3 Å². The number of nitrogens with zero attached hydrogens (tertiary/aromatic N) is 1. The maximum Gasteiger partial charge on any atom is 0.131 e. The zero-order valence-electron chi connectivity index (χ0n) is 9.64. The number of methoxy groups -OCH3 is 2. The molecule has 1 aromatic rings. The van der Waals surface area contributed by atoms with Crippen LogP contribution >= 0.6 is 12.4 Å². The molecule has 0 bridgehead atoms. The SMILES string of the molecule is COc1cc(O)cc(OC)c1[C@H](N)CC#N.Cl. The summed E-state index contributed by atoms with van der Waals surface area (Å²) in [5, 5.41) is 18.0. The normalized spacial score (nSPS) is 10.9. The lowest BCUT2D eigenvalue weighted by Gasteiger charge is -2.17. The topological polar surface area (TPSA) is 88.5 Å². The van der Waals surface area contributed by atoms with E-state index in [4.69, 9.17) is 20.5 Å². The van der Waals surface area contributed by atoms with Gasteiger partial charge in [0.15, 0.2) is 0 Å². The molecule has 0 fully saturated rings. The summed E-state index contributed by atoms with van der Waals surface area (Å²) in [5.74, 6) is 0.862. The summed E-state index contributed by atoms with van der Waals surface area (Å²) >= 11 is 0. The Labute approximate surface area is 106 Å². The molecule has 3 N–H and O–H groups in total. The molecule has 0 amide bonds. The van der Waals surface area contributed by atoms with Crippen molar-refractivity contribution in [3.05, 3.63) is 17.7 Å². The number of hydrogen-bond acceptors (Lipinski definition) is 5. The van der Waals surface area contributed by atoms with Gasteiger partial charge in [-0.25, -0.2) is 0 Å². The Hall–Kier alpha value is -1.64. The van der Waals surface area contributed by atoms with E-state index in [0.717, 1.165) is 0 Å². The third-order valence-electron chi connectivity index (χ3n) is 2.21. The van der Waals surface area contributed by atoms with Crippen LogP contribution in [0, 0.1) is 11.3 Å². The predicted molar refractivity (Wildman–Crippen MR) is 65.6 cm³/mol. The first-order valence-electron chi connectivity index (χ1n) is 4.71. The highest BCUT2D eigenvalue weighted by molar-refractivity contribution is 5.85. The Bertz CT molecular complexity index is 393. The summed E-state index contributed by atoms with van der Waals surface area (Å²) in [6.07, 6.45) is 0.150. The van der Waals surface area contributed by atoms with E-state index in [9.17, 15) is 5.11 Å². The van der Waals surface area contributed by atoms with E-state index in [1.54, 1.807) is 0 Å². The second-order valence-electron chi connectivity index (χ2n) is 3.23. The molecular formula is C11H15ClN2O3. The van der Waals surface area contributed by atoms with Crippen molar-refractivity contribution in [3.8, 4) is 23.3 Å². The highest BCUT2D eigenvalue weighted by atomic mass is 35.5. The molecule has 1 aromatic carbocycles. The molecule has 6 heteroatoms. The van der Waals surface area contributed by atoms with Gasteiger partial charge in [0.25, 0.3) is 0 Å². The van der Waals surface area contributed by atoms with Gasteiger partial charge in [0.2, 0.25) is 0 Å². The van der Waals surface area contributed by atoms with Crippen molar-refractivity contribution in [2.45, 2.75) is 12.5 Å². The van der Waals surface area contributed by atoms with Crippen LogP contribution in [-0.2, 0) is 0 Å². The standard InChI is InChI=1S/C11H14N2O3.ClH/c1-15-9-5-7(14)6-10(16-2)11(9)8(13)3-4-12;/h5-6,8,14H,3,13H2,1-2H3;1H/t8-;/m1./s1. The number of benzene rings is 1. The average Bonchev–Trinajstić information content (AvgIpc) is 2.27. The Kier molecular flexibility index (Phi) is 6.18. The number of phenolic OH excluding ortho intramolecular Hbond substituents is 1. The van der Waals surface area contributed by atoms with E-state index in [-0.39, 0.29) is 24.6 Å². The summed E-state index contributed by atoms with van der Waals surface area (Å²) in [7, 11) is 2.94. The van der Waals surface area contributed by atoms with Crippen LogP contribution in [-0.4, -0.2) is 19.3 Å². The summed E-state index contributed by atoms with van der Waals surface area (Å²) in [6, 6.07) is 4.36. The van der Waals surface area contributed by atoms with E-state index in [2.05, 4.69) is 0 Å². The molecule has 5 nitrogen and oxygen atoms in total. The van der Waals surface area contributed by atoms with Crippen LogP contribution in [0.4, 0.5) is 0 Å². The highest BCUT2D eigenvalue weighted by Crippen LogP contribution is 2.37. The average molecular weight is 259 g/mol. The van der Waals surface area contributed by atoms with Crippen molar-refractivity contribution in [2.24, 2.45) is 5.73 Å². The zero-order chi connectivity index (χ0) is 12.1. The molecule has 0 aliphatic heterocycles. The molecule has 0 aliphatic rings. The van der Waals surface area contributed by atoms with Crippen molar-refractivity contribution in [1.82, 2.24) is 0 Å². The Morgan fingerprint density at radius 3 is 2.18 bits per heavy atom. The van der Waals surface area contributed by atoms with Gasteiger partial charge in [-0.1, -0.05) is 0 Å². The first-order chi connectivity index (χ1) is 7.63. The maximum atomic E-state index is 9.43. The fraction of sp³-hybridized carbons (Fsp3) is 0.364. The van der Waals surface area contributed by atoms with Gasteiger partial charge in [0, 0.05) is 12.1 Å². The second-order valence-corrected chi connectivity index (χ2v) is 3.23. The monoisotopic (exact) mass is 258 g/mol. The minimum Gasteiger partial charge on any atom is -0.508 e. The molecule has 0 spiro atoms. The number of rotatable bonds is 4. The fourth-order valence-corrected chi connectivity index (χ4v) is 1.49. The Morgan fingerprint density at radius 2 is 1.82 bits per heavy atom. The van der Waals surface area contributed by atoms with E-state index >= 15 is 0 Å². The van der Waals surface area contributed by atoms with Gasteiger partial charge in [-0.3, -0.25) is 0 Å². The van der Waals surface area contributed by atoms with Crippen LogP contribution in [0.2, 0.25) is 0 Å². The van der Waals surface area contributed by atoms with E-state index in [1.807, 2.05) is 6.07 Å². The predicted octanol–water partition coefficient (Wildman–Crippen LogP) is 1.74. The molecular weight excluding hydrogens is 244 g/mol. The lowest BCUT2D eigenvalue weighted by atomic mass is 10.0. The molecule has 0 aliphatic carbocycles. The lowest BCUT2D eigenvalue weighted by molar-refractivity contribution is 0.371. The van der Waals surface area contributed by atoms with Crippen molar-refractivity contribution in [2.75, 3.05) is 14.2 Å². The van der Waals surface area contributed by atoms with Crippen molar-refractivity contribution >= 4 is 12.4 Å². The number of nitriles is 1. The van der Waals surface area contributed by atoms with Crippen molar-refractivity contribution in [3.63, 3.8) is 0 Å². The molecule has 94 valence electrons. The smallest absolute Gasteiger partial charge is 0.131 e. The number of ether oxygens (including phenoxy) is 2. The number of halogens is 1. The third-order valence-corrected chi connectivity index (χ3v) is 2.21. The molecule has 17 heavy (non-hydrogen) atoms. The third kappa shape index (κ3) is 3.41. The molecule has 0 heterocycles. The van der Waals surface area contributed by atoms with Crippen molar-refractivity contribution < 1.29 is 14.6 Å². The van der Waals surface area contributed by atoms with E-state index in [0.29, 0.717) is 17.1 Å². The van der Waals surface area contributed by atoms with Crippen LogP contribution in [0.3, 0.4) is 0 Å². The van der Waals surface area contributed by atoms with E-state index in [1.165, 1.54) is 26.4 Å². The summed E-state index contributed by atoms with van der Waals surface area (Å²) < 4.78 is 10.2. The Balaban J connectivity index is 0.00000256. The largest absolute Gasteiger partial charge is 0.508 e. The van der Waals surface area contributed by atoms with Crippen molar-refractivity contribution in [1.29, 1.82) is 5.26 Å². The minimum absolute atomic E-state index is 0.